The van der Waals surface area contributed by atoms with Crippen LogP contribution in [0.3, 0.4) is 0 Å². The van der Waals surface area contributed by atoms with Crippen LogP contribution in [0.15, 0.2) is 54.7 Å². The predicted molar refractivity (Wildman–Crippen MR) is 121 cm³/mol. The van der Waals surface area contributed by atoms with Crippen molar-refractivity contribution in [3.63, 3.8) is 0 Å². The topological polar surface area (TPSA) is 57.3 Å². The Labute approximate surface area is 180 Å². The fourth-order valence-corrected chi connectivity index (χ4v) is 4.09. The lowest BCUT2D eigenvalue weighted by molar-refractivity contribution is 0.313. The lowest BCUT2D eigenvalue weighted by atomic mass is 10.0. The van der Waals surface area contributed by atoms with E-state index in [9.17, 15) is 4.39 Å². The van der Waals surface area contributed by atoms with Crippen molar-refractivity contribution in [3.05, 3.63) is 60.5 Å². The zero-order valence-corrected chi connectivity index (χ0v) is 17.6. The van der Waals surface area contributed by atoms with Crippen molar-refractivity contribution >= 4 is 16.7 Å². The summed E-state index contributed by atoms with van der Waals surface area (Å²) >= 11 is 0. The predicted octanol–water partition coefficient (Wildman–Crippen LogP) is 4.19. The van der Waals surface area contributed by atoms with Crippen LogP contribution in [0.25, 0.3) is 33.4 Å². The number of hydrogen-bond acceptors (Lipinski definition) is 5. The maximum absolute atomic E-state index is 14.6. The molecule has 0 bridgehead atoms. The summed E-state index contributed by atoms with van der Waals surface area (Å²) in [6, 6.07) is 15.3. The van der Waals surface area contributed by atoms with Crippen LogP contribution in [-0.4, -0.2) is 60.4 Å². The summed E-state index contributed by atoms with van der Waals surface area (Å²) < 4.78 is 20.0. The highest BCUT2D eigenvalue weighted by Gasteiger charge is 2.19. The van der Waals surface area contributed by atoms with Crippen molar-refractivity contribution in [2.45, 2.75) is 0 Å². The van der Waals surface area contributed by atoms with Crippen LogP contribution in [0.1, 0.15) is 0 Å². The van der Waals surface area contributed by atoms with Gasteiger partial charge in [-0.3, -0.25) is 5.10 Å². The molecule has 1 aliphatic rings. The van der Waals surface area contributed by atoms with Gasteiger partial charge < -0.3 is 14.5 Å². The first kappa shape index (κ1) is 19.5. The fraction of sp³-hybridized carbons (Fsp3) is 0.250. The van der Waals surface area contributed by atoms with Crippen molar-refractivity contribution in [1.29, 1.82) is 0 Å². The van der Waals surface area contributed by atoms with Crippen LogP contribution < -0.4 is 9.64 Å². The van der Waals surface area contributed by atoms with Gasteiger partial charge in [0.05, 0.1) is 12.7 Å². The highest BCUT2D eigenvalue weighted by Crippen LogP contribution is 2.36. The molecule has 4 aromatic rings. The number of benzene rings is 2. The van der Waals surface area contributed by atoms with E-state index in [0.29, 0.717) is 22.7 Å². The lowest BCUT2D eigenvalue weighted by Gasteiger charge is -2.34. The highest BCUT2D eigenvalue weighted by atomic mass is 19.1. The molecule has 0 amide bonds. The molecule has 3 heterocycles. The quantitative estimate of drug-likeness (QED) is 0.540. The third-order valence-electron chi connectivity index (χ3n) is 5.92. The van der Waals surface area contributed by atoms with Crippen LogP contribution in [0.4, 0.5) is 10.1 Å². The van der Waals surface area contributed by atoms with Gasteiger partial charge in [-0.05, 0) is 42.9 Å². The van der Waals surface area contributed by atoms with E-state index in [1.807, 2.05) is 12.3 Å². The standard InChI is InChI=1S/C24H24FN5O/c1-29-10-12-30(13-11-29)18-8-6-16(7-9-18)17-14-19-23(27-28-24(19)26-15-17)22-20(25)4-3-5-21(22)31-2/h3-9,14-15H,10-13H2,1-2H3,(H,26,27,28). The van der Waals surface area contributed by atoms with Crippen LogP contribution in [0, 0.1) is 5.82 Å². The third kappa shape index (κ3) is 3.61. The van der Waals surface area contributed by atoms with Crippen LogP contribution >= 0.6 is 0 Å². The first-order valence-corrected chi connectivity index (χ1v) is 10.3. The number of pyridine rings is 1. The zero-order chi connectivity index (χ0) is 21.4. The lowest BCUT2D eigenvalue weighted by Crippen LogP contribution is -2.44. The SMILES string of the molecule is COc1cccc(F)c1-c1n[nH]c2ncc(-c3ccc(N4CCN(C)CC4)cc3)cc12. The monoisotopic (exact) mass is 417 g/mol. The van der Waals surface area contributed by atoms with Gasteiger partial charge in [-0.2, -0.15) is 5.10 Å². The number of halogens is 1. The molecule has 0 unspecified atom stereocenters. The van der Waals surface area contributed by atoms with Gasteiger partial charge in [0.2, 0.25) is 0 Å². The number of aromatic amines is 1. The van der Waals surface area contributed by atoms with E-state index in [0.717, 1.165) is 42.7 Å². The molecular formula is C24H24FN5O. The molecule has 2 aromatic carbocycles. The van der Waals surface area contributed by atoms with E-state index in [2.05, 4.69) is 56.3 Å². The number of methoxy groups -OCH3 is 1. The number of H-pyrrole nitrogens is 1. The molecule has 7 heteroatoms. The fourth-order valence-electron chi connectivity index (χ4n) is 4.09. The first-order chi connectivity index (χ1) is 15.1. The van der Waals surface area contributed by atoms with Gasteiger partial charge >= 0.3 is 0 Å². The number of hydrogen-bond donors (Lipinski definition) is 1. The van der Waals surface area contributed by atoms with E-state index in [1.54, 1.807) is 12.1 Å². The number of anilines is 1. The molecule has 0 atom stereocenters. The molecule has 0 saturated carbocycles. The summed E-state index contributed by atoms with van der Waals surface area (Å²) in [6.07, 6.45) is 1.81. The minimum Gasteiger partial charge on any atom is -0.496 e. The summed E-state index contributed by atoms with van der Waals surface area (Å²) in [4.78, 5) is 9.26. The number of piperazine rings is 1. The molecule has 158 valence electrons. The van der Waals surface area contributed by atoms with E-state index < -0.39 is 0 Å². The number of nitrogens with zero attached hydrogens (tertiary/aromatic N) is 4. The van der Waals surface area contributed by atoms with Gasteiger partial charge in [0.25, 0.3) is 0 Å². The zero-order valence-electron chi connectivity index (χ0n) is 17.6. The van der Waals surface area contributed by atoms with Crippen molar-refractivity contribution in [2.75, 3.05) is 45.2 Å². The maximum Gasteiger partial charge on any atom is 0.155 e. The Hall–Kier alpha value is -3.45. The van der Waals surface area contributed by atoms with E-state index in [-0.39, 0.29) is 5.82 Å². The van der Waals surface area contributed by atoms with Gasteiger partial charge in [0, 0.05) is 49.0 Å². The average molecular weight is 417 g/mol. The van der Waals surface area contributed by atoms with Crippen LogP contribution in [-0.2, 0) is 0 Å². The Morgan fingerprint density at radius 2 is 1.77 bits per heavy atom. The second-order valence-electron chi connectivity index (χ2n) is 7.85. The molecule has 31 heavy (non-hydrogen) atoms. The number of ether oxygens (including phenoxy) is 1. The van der Waals surface area contributed by atoms with E-state index in [4.69, 9.17) is 4.74 Å². The molecule has 1 N–H and O–H groups in total. The molecule has 0 aliphatic carbocycles. The molecule has 6 nitrogen and oxygen atoms in total. The van der Waals surface area contributed by atoms with Gasteiger partial charge in [-0.15, -0.1) is 0 Å². The summed E-state index contributed by atoms with van der Waals surface area (Å²) in [5.74, 6) is 0.0602. The third-order valence-corrected chi connectivity index (χ3v) is 5.92. The van der Waals surface area contributed by atoms with Gasteiger partial charge in [0.1, 0.15) is 17.3 Å². The minimum atomic E-state index is -0.380. The first-order valence-electron chi connectivity index (χ1n) is 10.3. The minimum absolute atomic E-state index is 0.334. The van der Waals surface area contributed by atoms with Crippen LogP contribution in [0.2, 0.25) is 0 Å². The van der Waals surface area contributed by atoms with E-state index in [1.165, 1.54) is 18.9 Å². The van der Waals surface area contributed by atoms with E-state index >= 15 is 0 Å². The molecule has 1 fully saturated rings. The second kappa shape index (κ2) is 8.00. The highest BCUT2D eigenvalue weighted by molar-refractivity contribution is 5.95. The summed E-state index contributed by atoms with van der Waals surface area (Å²) in [5.41, 5.74) is 4.67. The van der Waals surface area contributed by atoms with Crippen LogP contribution in [0.5, 0.6) is 5.75 Å². The Balaban J connectivity index is 1.50. The van der Waals surface area contributed by atoms with Gasteiger partial charge in [-0.25, -0.2) is 9.37 Å². The Kier molecular flexibility index (Phi) is 5.03. The smallest absolute Gasteiger partial charge is 0.155 e. The molecule has 0 radical (unpaired) electrons. The average Bonchev–Trinajstić information content (AvgIpc) is 3.22. The van der Waals surface area contributed by atoms with Crippen molar-refractivity contribution < 1.29 is 9.13 Å². The Morgan fingerprint density at radius 3 is 2.52 bits per heavy atom. The van der Waals surface area contributed by atoms with Crippen molar-refractivity contribution in [2.24, 2.45) is 0 Å². The molecular weight excluding hydrogens is 393 g/mol. The van der Waals surface area contributed by atoms with Crippen molar-refractivity contribution in [3.8, 4) is 28.1 Å². The number of likely N-dealkylation sites (N-methyl/N-ethyl adjacent to an activating group) is 1. The summed E-state index contributed by atoms with van der Waals surface area (Å²) in [7, 11) is 3.68. The summed E-state index contributed by atoms with van der Waals surface area (Å²) in [5, 5.41) is 7.99. The number of aromatic nitrogens is 3. The van der Waals surface area contributed by atoms with Gasteiger partial charge in [-0.1, -0.05) is 18.2 Å². The summed E-state index contributed by atoms with van der Waals surface area (Å²) in [6.45, 7) is 4.22. The number of fused-ring (bicyclic) bond motifs is 1. The molecule has 5 rings (SSSR count). The van der Waals surface area contributed by atoms with Gasteiger partial charge in [0.15, 0.2) is 5.65 Å². The molecule has 1 saturated heterocycles. The number of rotatable bonds is 4. The largest absolute Gasteiger partial charge is 0.496 e. The Morgan fingerprint density at radius 1 is 1.00 bits per heavy atom. The molecule has 0 spiro atoms. The number of nitrogens with one attached hydrogen (secondary N) is 1. The molecule has 1 aliphatic heterocycles. The Bertz CT molecular complexity index is 1210. The molecule has 2 aromatic heterocycles. The second-order valence-corrected chi connectivity index (χ2v) is 7.85. The van der Waals surface area contributed by atoms with Crippen molar-refractivity contribution in [1.82, 2.24) is 20.1 Å². The normalized spacial score (nSPS) is 14.9. The maximum atomic E-state index is 14.6.